The molecular formula is C21H18BrN3O2. The SMILES string of the molecule is COc1ccccc1-c1c(C)nc(N)c(C#N)c1-c1cc(Br)ccc1OC. The first-order chi connectivity index (χ1) is 13.0. The summed E-state index contributed by atoms with van der Waals surface area (Å²) in [5.74, 6) is 1.51. The normalized spacial score (nSPS) is 10.3. The van der Waals surface area contributed by atoms with Gasteiger partial charge < -0.3 is 15.2 Å². The fourth-order valence-electron chi connectivity index (χ4n) is 3.17. The molecule has 136 valence electrons. The lowest BCUT2D eigenvalue weighted by atomic mass is 9.89. The van der Waals surface area contributed by atoms with E-state index in [4.69, 9.17) is 15.2 Å². The number of para-hydroxylation sites is 1. The van der Waals surface area contributed by atoms with Crippen LogP contribution in [0.4, 0.5) is 5.82 Å². The van der Waals surface area contributed by atoms with Crippen molar-refractivity contribution in [3.8, 4) is 39.8 Å². The van der Waals surface area contributed by atoms with Crippen LogP contribution >= 0.6 is 15.9 Å². The number of hydrogen-bond donors (Lipinski definition) is 1. The average Bonchev–Trinajstić information content (AvgIpc) is 2.67. The first-order valence-electron chi connectivity index (χ1n) is 8.19. The number of nitrogens with two attached hydrogens (primary N) is 1. The molecule has 0 unspecified atom stereocenters. The molecule has 0 spiro atoms. The third-order valence-electron chi connectivity index (χ3n) is 4.33. The summed E-state index contributed by atoms with van der Waals surface area (Å²) in [4.78, 5) is 4.41. The molecule has 0 aliphatic rings. The number of halogens is 1. The van der Waals surface area contributed by atoms with E-state index in [1.165, 1.54) is 0 Å². The van der Waals surface area contributed by atoms with Gasteiger partial charge in [-0.2, -0.15) is 5.26 Å². The number of nitrogen functional groups attached to an aromatic ring is 1. The third-order valence-corrected chi connectivity index (χ3v) is 4.82. The second-order valence-electron chi connectivity index (χ2n) is 5.86. The van der Waals surface area contributed by atoms with E-state index >= 15 is 0 Å². The average molecular weight is 424 g/mol. The maximum atomic E-state index is 9.83. The summed E-state index contributed by atoms with van der Waals surface area (Å²) in [6.45, 7) is 1.87. The van der Waals surface area contributed by atoms with Gasteiger partial charge >= 0.3 is 0 Å². The summed E-state index contributed by atoms with van der Waals surface area (Å²) in [5.41, 5.74) is 10.1. The molecule has 6 heteroatoms. The van der Waals surface area contributed by atoms with Crippen LogP contribution in [0.15, 0.2) is 46.9 Å². The van der Waals surface area contributed by atoms with Crippen molar-refractivity contribution in [2.24, 2.45) is 0 Å². The predicted octanol–water partition coefficient (Wildman–Crippen LogP) is 4.96. The maximum absolute atomic E-state index is 9.83. The lowest BCUT2D eigenvalue weighted by molar-refractivity contribution is 0.415. The lowest BCUT2D eigenvalue weighted by Gasteiger charge is -2.19. The topological polar surface area (TPSA) is 81.2 Å². The highest BCUT2D eigenvalue weighted by atomic mass is 79.9. The van der Waals surface area contributed by atoms with Crippen molar-refractivity contribution in [1.82, 2.24) is 4.98 Å². The Hall–Kier alpha value is -3.04. The van der Waals surface area contributed by atoms with Gasteiger partial charge in [0.25, 0.3) is 0 Å². The number of benzene rings is 2. The predicted molar refractivity (Wildman–Crippen MR) is 110 cm³/mol. The van der Waals surface area contributed by atoms with Crippen molar-refractivity contribution < 1.29 is 9.47 Å². The van der Waals surface area contributed by atoms with E-state index in [0.717, 1.165) is 21.2 Å². The van der Waals surface area contributed by atoms with Gasteiger partial charge in [0.15, 0.2) is 0 Å². The minimum Gasteiger partial charge on any atom is -0.496 e. The van der Waals surface area contributed by atoms with Crippen LogP contribution in [-0.4, -0.2) is 19.2 Å². The van der Waals surface area contributed by atoms with Crippen molar-refractivity contribution in [1.29, 1.82) is 5.26 Å². The number of anilines is 1. The Balaban J connectivity index is 2.51. The highest BCUT2D eigenvalue weighted by molar-refractivity contribution is 9.10. The smallest absolute Gasteiger partial charge is 0.142 e. The van der Waals surface area contributed by atoms with Crippen LogP contribution in [0.5, 0.6) is 11.5 Å². The summed E-state index contributed by atoms with van der Waals surface area (Å²) in [6.07, 6.45) is 0. The van der Waals surface area contributed by atoms with Gasteiger partial charge in [0.1, 0.15) is 28.9 Å². The summed E-state index contributed by atoms with van der Waals surface area (Å²) >= 11 is 3.51. The van der Waals surface area contributed by atoms with E-state index in [2.05, 4.69) is 27.0 Å². The molecule has 3 aromatic rings. The number of rotatable bonds is 4. The molecule has 27 heavy (non-hydrogen) atoms. The van der Waals surface area contributed by atoms with Crippen molar-refractivity contribution in [3.05, 3.63) is 58.2 Å². The fraction of sp³-hybridized carbons (Fsp3) is 0.143. The van der Waals surface area contributed by atoms with Gasteiger partial charge in [0.2, 0.25) is 0 Å². The molecule has 2 aromatic carbocycles. The second-order valence-corrected chi connectivity index (χ2v) is 6.78. The van der Waals surface area contributed by atoms with Crippen molar-refractivity contribution in [2.45, 2.75) is 6.92 Å². The van der Waals surface area contributed by atoms with Gasteiger partial charge in [-0.3, -0.25) is 0 Å². The number of aromatic nitrogens is 1. The Labute approximate surface area is 166 Å². The zero-order valence-corrected chi connectivity index (χ0v) is 16.8. The number of ether oxygens (including phenoxy) is 2. The largest absolute Gasteiger partial charge is 0.496 e. The standard InChI is InChI=1S/C21H18BrN3O2/c1-12-19(14-6-4-5-7-17(14)26-2)20(16(11-23)21(24)25-12)15-10-13(22)8-9-18(15)27-3/h4-10H,1-3H3,(H2,24,25). The molecule has 1 aromatic heterocycles. The van der Waals surface area contributed by atoms with E-state index in [1.807, 2.05) is 49.4 Å². The molecular weight excluding hydrogens is 406 g/mol. The van der Waals surface area contributed by atoms with Gasteiger partial charge in [-0.25, -0.2) is 4.98 Å². The third kappa shape index (κ3) is 3.34. The molecule has 5 nitrogen and oxygen atoms in total. The number of aryl methyl sites for hydroxylation is 1. The molecule has 0 saturated heterocycles. The van der Waals surface area contributed by atoms with Gasteiger partial charge in [-0.1, -0.05) is 34.1 Å². The zero-order chi connectivity index (χ0) is 19.6. The Morgan fingerprint density at radius 2 is 1.67 bits per heavy atom. The van der Waals surface area contributed by atoms with E-state index < -0.39 is 0 Å². The van der Waals surface area contributed by atoms with Gasteiger partial charge in [-0.15, -0.1) is 0 Å². The molecule has 1 heterocycles. The summed E-state index contributed by atoms with van der Waals surface area (Å²) in [6, 6.07) is 15.5. The number of pyridine rings is 1. The zero-order valence-electron chi connectivity index (χ0n) is 15.2. The van der Waals surface area contributed by atoms with Crippen molar-refractivity contribution >= 4 is 21.7 Å². The number of nitrogens with zero attached hydrogens (tertiary/aromatic N) is 2. The molecule has 0 saturated carbocycles. The van der Waals surface area contributed by atoms with Crippen molar-refractivity contribution in [2.75, 3.05) is 20.0 Å². The molecule has 0 bridgehead atoms. The van der Waals surface area contributed by atoms with Gasteiger partial charge in [0, 0.05) is 32.4 Å². The van der Waals surface area contributed by atoms with Crippen LogP contribution in [0.25, 0.3) is 22.3 Å². The Bertz CT molecular complexity index is 1060. The quantitative estimate of drug-likeness (QED) is 0.641. The van der Waals surface area contributed by atoms with Crippen molar-refractivity contribution in [3.63, 3.8) is 0 Å². The second kappa shape index (κ2) is 7.68. The van der Waals surface area contributed by atoms with Crippen LogP contribution in [-0.2, 0) is 0 Å². The van der Waals surface area contributed by atoms with E-state index in [0.29, 0.717) is 28.3 Å². The lowest BCUT2D eigenvalue weighted by Crippen LogP contribution is -2.04. The molecule has 0 fully saturated rings. The first-order valence-corrected chi connectivity index (χ1v) is 8.98. The monoisotopic (exact) mass is 423 g/mol. The number of methoxy groups -OCH3 is 2. The van der Waals surface area contributed by atoms with Crippen LogP contribution in [0.2, 0.25) is 0 Å². The maximum Gasteiger partial charge on any atom is 0.142 e. The highest BCUT2D eigenvalue weighted by Gasteiger charge is 2.23. The Morgan fingerprint density at radius 1 is 1.00 bits per heavy atom. The summed E-state index contributed by atoms with van der Waals surface area (Å²) in [5, 5.41) is 9.83. The van der Waals surface area contributed by atoms with Crippen LogP contribution in [0, 0.1) is 18.3 Å². The van der Waals surface area contributed by atoms with Crippen LogP contribution in [0.1, 0.15) is 11.3 Å². The first kappa shape index (κ1) is 18.7. The minimum atomic E-state index is 0.186. The Kier molecular flexibility index (Phi) is 5.33. The Morgan fingerprint density at radius 3 is 2.33 bits per heavy atom. The molecule has 0 amide bonds. The highest BCUT2D eigenvalue weighted by Crippen LogP contribution is 2.45. The minimum absolute atomic E-state index is 0.186. The summed E-state index contributed by atoms with van der Waals surface area (Å²) < 4.78 is 12.0. The number of hydrogen-bond acceptors (Lipinski definition) is 5. The molecule has 3 rings (SSSR count). The molecule has 0 radical (unpaired) electrons. The molecule has 2 N–H and O–H groups in total. The molecule has 0 aliphatic heterocycles. The number of nitriles is 1. The van der Waals surface area contributed by atoms with Crippen LogP contribution < -0.4 is 15.2 Å². The van der Waals surface area contributed by atoms with E-state index in [1.54, 1.807) is 14.2 Å². The van der Waals surface area contributed by atoms with E-state index in [-0.39, 0.29) is 5.82 Å². The molecule has 0 atom stereocenters. The molecule has 0 aliphatic carbocycles. The van der Waals surface area contributed by atoms with Gasteiger partial charge in [0.05, 0.1) is 14.2 Å². The fourth-order valence-corrected chi connectivity index (χ4v) is 3.53. The van der Waals surface area contributed by atoms with E-state index in [9.17, 15) is 5.26 Å². The van der Waals surface area contributed by atoms with Crippen LogP contribution in [0.3, 0.4) is 0 Å². The summed E-state index contributed by atoms with van der Waals surface area (Å²) in [7, 11) is 3.21. The van der Waals surface area contributed by atoms with Gasteiger partial charge in [-0.05, 0) is 31.2 Å².